The molecule has 0 unspecified atom stereocenters. The molecule has 3 rings (SSSR count). The fraction of sp³-hybridized carbons (Fsp3) is 0.118. The topological polar surface area (TPSA) is 32.9 Å². The van der Waals surface area contributed by atoms with Gasteiger partial charge in [-0.3, -0.25) is 4.79 Å². The van der Waals surface area contributed by atoms with E-state index in [0.29, 0.717) is 0 Å². The minimum absolute atomic E-state index is 0.0765. The van der Waals surface area contributed by atoms with Gasteiger partial charge in [-0.2, -0.15) is 0 Å². The summed E-state index contributed by atoms with van der Waals surface area (Å²) in [4.78, 5) is 17.2. The number of para-hydroxylation sites is 1. The molecule has 0 atom stereocenters. The van der Waals surface area contributed by atoms with E-state index in [1.165, 1.54) is 0 Å². The van der Waals surface area contributed by atoms with Gasteiger partial charge in [0.2, 0.25) is 0 Å². The summed E-state index contributed by atoms with van der Waals surface area (Å²) in [5, 5.41) is 0.990. The zero-order chi connectivity index (χ0) is 14.1. The van der Waals surface area contributed by atoms with Crippen LogP contribution in [0.15, 0.2) is 53.4 Å². The van der Waals surface area contributed by atoms with E-state index in [1.807, 2.05) is 61.7 Å². The molecular weight excluding hydrogens is 266 g/mol. The van der Waals surface area contributed by atoms with Crippen molar-refractivity contribution >= 4 is 28.4 Å². The molecule has 0 saturated heterocycles. The Bertz CT molecular complexity index is 771. The van der Waals surface area contributed by atoms with Gasteiger partial charge in [0.15, 0.2) is 5.78 Å². The molecule has 0 amide bonds. The molecule has 3 heteroatoms. The number of hydrogen-bond donors (Lipinski definition) is 1. The summed E-state index contributed by atoms with van der Waals surface area (Å²) in [6.07, 6.45) is 2.03. The molecule has 0 bridgehead atoms. The lowest BCUT2D eigenvalue weighted by atomic mass is 10.0. The lowest BCUT2D eigenvalue weighted by molar-refractivity contribution is 0.103. The summed E-state index contributed by atoms with van der Waals surface area (Å²) < 4.78 is 0. The maximum Gasteiger partial charge on any atom is 0.195 e. The van der Waals surface area contributed by atoms with E-state index in [-0.39, 0.29) is 5.78 Å². The van der Waals surface area contributed by atoms with Gasteiger partial charge < -0.3 is 4.98 Å². The number of nitrogens with one attached hydrogen (secondary N) is 1. The van der Waals surface area contributed by atoms with Crippen molar-refractivity contribution in [3.05, 3.63) is 65.4 Å². The summed E-state index contributed by atoms with van der Waals surface area (Å²) in [6, 6.07) is 15.7. The third kappa shape index (κ3) is 2.14. The van der Waals surface area contributed by atoms with E-state index in [4.69, 9.17) is 0 Å². The maximum atomic E-state index is 12.7. The number of hydrogen-bond acceptors (Lipinski definition) is 2. The third-order valence-electron chi connectivity index (χ3n) is 3.47. The quantitative estimate of drug-likeness (QED) is 0.569. The number of H-pyrrole nitrogens is 1. The monoisotopic (exact) mass is 281 g/mol. The predicted molar refractivity (Wildman–Crippen MR) is 84.7 cm³/mol. The number of ketones is 1. The maximum absolute atomic E-state index is 12.7. The van der Waals surface area contributed by atoms with Crippen LogP contribution in [0, 0.1) is 6.92 Å². The van der Waals surface area contributed by atoms with Crippen molar-refractivity contribution in [3.63, 3.8) is 0 Å². The number of benzene rings is 2. The number of aromatic amines is 1. The lowest BCUT2D eigenvalue weighted by Crippen LogP contribution is -2.02. The van der Waals surface area contributed by atoms with Crippen LogP contribution in [0.5, 0.6) is 0 Å². The Morgan fingerprint density at radius 2 is 1.75 bits per heavy atom. The largest absolute Gasteiger partial charge is 0.358 e. The van der Waals surface area contributed by atoms with Crippen LogP contribution in [0.3, 0.4) is 0 Å². The first-order chi connectivity index (χ1) is 9.70. The standard InChI is InChI=1S/C17H15NOS/c1-11-16(14-5-3-4-6-15(14)18-11)17(19)12-7-9-13(20-2)10-8-12/h3-10,18H,1-2H3. The highest BCUT2D eigenvalue weighted by Crippen LogP contribution is 2.25. The first-order valence-electron chi connectivity index (χ1n) is 6.47. The van der Waals surface area contributed by atoms with Gasteiger partial charge >= 0.3 is 0 Å². The molecule has 0 spiro atoms. The molecule has 2 aromatic carbocycles. The van der Waals surface area contributed by atoms with Gasteiger partial charge in [-0.15, -0.1) is 11.8 Å². The molecule has 20 heavy (non-hydrogen) atoms. The number of fused-ring (bicyclic) bond motifs is 1. The molecule has 1 aromatic heterocycles. The molecule has 1 N–H and O–H groups in total. The molecule has 0 fully saturated rings. The molecule has 2 nitrogen and oxygen atoms in total. The van der Waals surface area contributed by atoms with Gasteiger partial charge in [0.25, 0.3) is 0 Å². The fourth-order valence-electron chi connectivity index (χ4n) is 2.46. The molecule has 0 aliphatic heterocycles. The normalized spacial score (nSPS) is 10.9. The zero-order valence-electron chi connectivity index (χ0n) is 11.4. The van der Waals surface area contributed by atoms with Crippen molar-refractivity contribution in [2.24, 2.45) is 0 Å². The SMILES string of the molecule is CSc1ccc(C(=O)c2c(C)[nH]c3ccccc23)cc1. The first-order valence-corrected chi connectivity index (χ1v) is 7.69. The molecule has 1 heterocycles. The molecule has 0 aliphatic rings. The minimum atomic E-state index is 0.0765. The van der Waals surface area contributed by atoms with E-state index in [2.05, 4.69) is 4.98 Å². The second-order valence-electron chi connectivity index (χ2n) is 4.73. The Morgan fingerprint density at radius 1 is 1.05 bits per heavy atom. The Kier molecular flexibility index (Phi) is 3.36. The van der Waals surface area contributed by atoms with Crippen molar-refractivity contribution in [2.45, 2.75) is 11.8 Å². The van der Waals surface area contributed by atoms with Gasteiger partial charge in [0.1, 0.15) is 0 Å². The zero-order valence-corrected chi connectivity index (χ0v) is 12.3. The van der Waals surface area contributed by atoms with E-state index in [1.54, 1.807) is 11.8 Å². The van der Waals surface area contributed by atoms with Crippen LogP contribution in [0.2, 0.25) is 0 Å². The van der Waals surface area contributed by atoms with Crippen molar-refractivity contribution in [2.75, 3.05) is 6.26 Å². The second-order valence-corrected chi connectivity index (χ2v) is 5.61. The van der Waals surface area contributed by atoms with Crippen molar-refractivity contribution in [1.29, 1.82) is 0 Å². The van der Waals surface area contributed by atoms with E-state index < -0.39 is 0 Å². The van der Waals surface area contributed by atoms with Crippen LogP contribution in [0.1, 0.15) is 21.6 Å². The molecular formula is C17H15NOS. The lowest BCUT2D eigenvalue weighted by Gasteiger charge is -2.03. The highest BCUT2D eigenvalue weighted by atomic mass is 32.2. The molecule has 100 valence electrons. The molecule has 0 aliphatic carbocycles. The van der Waals surface area contributed by atoms with Crippen LogP contribution >= 0.6 is 11.8 Å². The summed E-state index contributed by atoms with van der Waals surface area (Å²) in [7, 11) is 0. The Morgan fingerprint density at radius 3 is 2.45 bits per heavy atom. The molecule has 0 saturated carbocycles. The van der Waals surface area contributed by atoms with Crippen molar-refractivity contribution in [1.82, 2.24) is 4.98 Å². The van der Waals surface area contributed by atoms with Gasteiger partial charge in [0, 0.05) is 27.1 Å². The van der Waals surface area contributed by atoms with E-state index >= 15 is 0 Å². The van der Waals surface area contributed by atoms with Gasteiger partial charge in [0.05, 0.1) is 5.56 Å². The number of carbonyl (C=O) groups is 1. The van der Waals surface area contributed by atoms with Crippen LogP contribution < -0.4 is 0 Å². The summed E-state index contributed by atoms with van der Waals surface area (Å²) in [5.41, 5.74) is 3.44. The van der Waals surface area contributed by atoms with Gasteiger partial charge in [-0.05, 0) is 43.5 Å². The average Bonchev–Trinajstić information content (AvgIpc) is 2.82. The van der Waals surface area contributed by atoms with Crippen LogP contribution in [0.4, 0.5) is 0 Å². The summed E-state index contributed by atoms with van der Waals surface area (Å²) in [5.74, 6) is 0.0765. The van der Waals surface area contributed by atoms with Crippen molar-refractivity contribution in [3.8, 4) is 0 Å². The molecule has 3 aromatic rings. The first kappa shape index (κ1) is 13.0. The van der Waals surface area contributed by atoms with Gasteiger partial charge in [-0.25, -0.2) is 0 Å². The molecule has 0 radical (unpaired) electrons. The second kappa shape index (κ2) is 5.17. The van der Waals surface area contributed by atoms with Crippen LogP contribution in [0.25, 0.3) is 10.9 Å². The Hall–Kier alpha value is -2.00. The minimum Gasteiger partial charge on any atom is -0.358 e. The third-order valence-corrected chi connectivity index (χ3v) is 4.22. The number of rotatable bonds is 3. The highest BCUT2D eigenvalue weighted by Gasteiger charge is 2.17. The Balaban J connectivity index is 2.09. The number of aromatic nitrogens is 1. The van der Waals surface area contributed by atoms with Gasteiger partial charge in [-0.1, -0.05) is 18.2 Å². The predicted octanol–water partition coefficient (Wildman–Crippen LogP) is 4.43. The highest BCUT2D eigenvalue weighted by molar-refractivity contribution is 7.98. The Labute approximate surface area is 122 Å². The van der Waals surface area contributed by atoms with E-state index in [9.17, 15) is 4.79 Å². The van der Waals surface area contributed by atoms with Crippen LogP contribution in [-0.4, -0.2) is 17.0 Å². The number of aryl methyl sites for hydroxylation is 1. The number of thioether (sulfide) groups is 1. The van der Waals surface area contributed by atoms with E-state index in [0.717, 1.165) is 32.6 Å². The fourth-order valence-corrected chi connectivity index (χ4v) is 2.86. The summed E-state index contributed by atoms with van der Waals surface area (Å²) >= 11 is 1.67. The smallest absolute Gasteiger partial charge is 0.195 e. The summed E-state index contributed by atoms with van der Waals surface area (Å²) in [6.45, 7) is 1.95. The number of carbonyl (C=O) groups excluding carboxylic acids is 1. The van der Waals surface area contributed by atoms with Crippen molar-refractivity contribution < 1.29 is 4.79 Å². The van der Waals surface area contributed by atoms with Crippen LogP contribution in [-0.2, 0) is 0 Å². The average molecular weight is 281 g/mol.